The second kappa shape index (κ2) is 8.84. The molecule has 0 heterocycles. The number of aliphatic hydroxyl groups is 1. The average Bonchev–Trinajstić information content (AvgIpc) is 2.62. The van der Waals surface area contributed by atoms with Gasteiger partial charge in [0, 0.05) is 11.3 Å². The highest BCUT2D eigenvalue weighted by atomic mass is 16.3. The van der Waals surface area contributed by atoms with Crippen molar-refractivity contribution in [2.45, 2.75) is 25.8 Å². The van der Waals surface area contributed by atoms with Gasteiger partial charge in [-0.05, 0) is 36.2 Å². The lowest BCUT2D eigenvalue weighted by Gasteiger charge is -2.14. The van der Waals surface area contributed by atoms with E-state index in [1.807, 2.05) is 25.1 Å². The normalized spacial score (nSPS) is 11.6. The number of rotatable bonds is 7. The van der Waals surface area contributed by atoms with Crippen molar-refractivity contribution in [1.29, 1.82) is 0 Å². The van der Waals surface area contributed by atoms with Crippen LogP contribution in [-0.2, 0) is 11.2 Å². The topological polar surface area (TPSA) is 78.4 Å². The summed E-state index contributed by atoms with van der Waals surface area (Å²) in [6.07, 6.45) is 0.927. The van der Waals surface area contributed by atoms with Crippen molar-refractivity contribution in [2.75, 3.05) is 11.9 Å². The standard InChI is InChI=1S/C19H22N2O3/c1-2-16(13-22)20-18(23)12-14-8-10-17(11-9-14)21-19(24)15-6-4-3-5-7-15/h3-11,16,22H,2,12-13H2,1H3,(H,20,23)(H,21,24). The van der Waals surface area contributed by atoms with E-state index in [1.54, 1.807) is 36.4 Å². The van der Waals surface area contributed by atoms with Gasteiger partial charge >= 0.3 is 0 Å². The minimum Gasteiger partial charge on any atom is -0.394 e. The Morgan fingerprint density at radius 1 is 1.04 bits per heavy atom. The highest BCUT2D eigenvalue weighted by Gasteiger charge is 2.10. The van der Waals surface area contributed by atoms with E-state index in [-0.39, 0.29) is 30.9 Å². The van der Waals surface area contributed by atoms with Crippen molar-refractivity contribution in [2.24, 2.45) is 0 Å². The molecule has 0 saturated heterocycles. The van der Waals surface area contributed by atoms with Crippen LogP contribution in [0.1, 0.15) is 29.3 Å². The van der Waals surface area contributed by atoms with Crippen molar-refractivity contribution in [3.63, 3.8) is 0 Å². The smallest absolute Gasteiger partial charge is 0.255 e. The van der Waals surface area contributed by atoms with E-state index in [4.69, 9.17) is 5.11 Å². The van der Waals surface area contributed by atoms with Crippen LogP contribution in [0.5, 0.6) is 0 Å². The molecule has 0 fully saturated rings. The van der Waals surface area contributed by atoms with Gasteiger partial charge in [0.2, 0.25) is 5.91 Å². The van der Waals surface area contributed by atoms with Gasteiger partial charge in [-0.25, -0.2) is 0 Å². The van der Waals surface area contributed by atoms with Gasteiger partial charge < -0.3 is 15.7 Å². The fourth-order valence-electron chi connectivity index (χ4n) is 2.24. The van der Waals surface area contributed by atoms with Crippen LogP contribution < -0.4 is 10.6 Å². The van der Waals surface area contributed by atoms with Gasteiger partial charge in [0.05, 0.1) is 19.1 Å². The first-order chi connectivity index (χ1) is 11.6. The molecule has 5 heteroatoms. The molecule has 0 saturated carbocycles. The molecule has 126 valence electrons. The number of anilines is 1. The SMILES string of the molecule is CCC(CO)NC(=O)Cc1ccc(NC(=O)c2ccccc2)cc1. The van der Waals surface area contributed by atoms with E-state index >= 15 is 0 Å². The Hall–Kier alpha value is -2.66. The second-order valence-electron chi connectivity index (χ2n) is 5.55. The van der Waals surface area contributed by atoms with Crippen LogP contribution in [0.4, 0.5) is 5.69 Å². The molecule has 24 heavy (non-hydrogen) atoms. The summed E-state index contributed by atoms with van der Waals surface area (Å²) in [5, 5.41) is 14.7. The van der Waals surface area contributed by atoms with Crippen molar-refractivity contribution in [3.05, 3.63) is 65.7 Å². The maximum atomic E-state index is 12.1. The lowest BCUT2D eigenvalue weighted by atomic mass is 10.1. The number of aliphatic hydroxyl groups excluding tert-OH is 1. The molecule has 0 bridgehead atoms. The van der Waals surface area contributed by atoms with E-state index in [1.165, 1.54) is 0 Å². The fraction of sp³-hybridized carbons (Fsp3) is 0.263. The molecule has 0 aliphatic heterocycles. The van der Waals surface area contributed by atoms with Crippen LogP contribution in [-0.4, -0.2) is 29.6 Å². The monoisotopic (exact) mass is 326 g/mol. The third-order valence-corrected chi connectivity index (χ3v) is 3.69. The minimum absolute atomic E-state index is 0.0628. The molecule has 1 unspecified atom stereocenters. The molecule has 5 nitrogen and oxygen atoms in total. The number of carbonyl (C=O) groups is 2. The molecule has 2 aromatic rings. The first-order valence-electron chi connectivity index (χ1n) is 7.98. The van der Waals surface area contributed by atoms with Gasteiger partial charge in [0.15, 0.2) is 0 Å². The minimum atomic E-state index is -0.207. The van der Waals surface area contributed by atoms with E-state index in [0.29, 0.717) is 17.7 Å². The Kier molecular flexibility index (Phi) is 6.51. The van der Waals surface area contributed by atoms with E-state index in [0.717, 1.165) is 5.56 Å². The van der Waals surface area contributed by atoms with E-state index in [9.17, 15) is 9.59 Å². The predicted octanol–water partition coefficient (Wildman–Crippen LogP) is 2.37. The summed E-state index contributed by atoms with van der Waals surface area (Å²) in [6.45, 7) is 1.85. The highest BCUT2D eigenvalue weighted by molar-refractivity contribution is 6.04. The fourth-order valence-corrected chi connectivity index (χ4v) is 2.24. The maximum Gasteiger partial charge on any atom is 0.255 e. The maximum absolute atomic E-state index is 12.1. The highest BCUT2D eigenvalue weighted by Crippen LogP contribution is 2.12. The Morgan fingerprint density at radius 3 is 2.29 bits per heavy atom. The van der Waals surface area contributed by atoms with E-state index in [2.05, 4.69) is 10.6 Å². The molecule has 0 radical (unpaired) electrons. The van der Waals surface area contributed by atoms with Gasteiger partial charge in [-0.3, -0.25) is 9.59 Å². The van der Waals surface area contributed by atoms with Crippen LogP contribution in [0.15, 0.2) is 54.6 Å². The van der Waals surface area contributed by atoms with Gasteiger partial charge in [-0.2, -0.15) is 0 Å². The molecule has 1 atom stereocenters. The molecule has 0 aromatic heterocycles. The molecule has 0 spiro atoms. The summed E-state index contributed by atoms with van der Waals surface area (Å²) in [5.41, 5.74) is 2.11. The predicted molar refractivity (Wildman–Crippen MR) is 93.8 cm³/mol. The Morgan fingerprint density at radius 2 is 1.71 bits per heavy atom. The number of hydrogen-bond acceptors (Lipinski definition) is 3. The first kappa shape index (κ1) is 17.7. The average molecular weight is 326 g/mol. The third kappa shape index (κ3) is 5.21. The van der Waals surface area contributed by atoms with Crippen LogP contribution in [0, 0.1) is 0 Å². The molecule has 2 aromatic carbocycles. The summed E-state index contributed by atoms with van der Waals surface area (Å²) in [6, 6.07) is 15.9. The number of amides is 2. The van der Waals surface area contributed by atoms with Crippen LogP contribution in [0.25, 0.3) is 0 Å². The summed E-state index contributed by atoms with van der Waals surface area (Å²) in [7, 11) is 0. The first-order valence-corrected chi connectivity index (χ1v) is 7.98. The van der Waals surface area contributed by atoms with Crippen molar-refractivity contribution in [1.82, 2.24) is 5.32 Å². The van der Waals surface area contributed by atoms with Crippen LogP contribution >= 0.6 is 0 Å². The third-order valence-electron chi connectivity index (χ3n) is 3.69. The number of nitrogens with one attached hydrogen (secondary N) is 2. The molecule has 2 rings (SSSR count). The van der Waals surface area contributed by atoms with Gasteiger partial charge in [-0.1, -0.05) is 37.3 Å². The molecule has 0 aliphatic rings. The van der Waals surface area contributed by atoms with Crippen LogP contribution in [0.3, 0.4) is 0 Å². The molecular weight excluding hydrogens is 304 g/mol. The lowest BCUT2D eigenvalue weighted by molar-refractivity contribution is -0.121. The second-order valence-corrected chi connectivity index (χ2v) is 5.55. The summed E-state index contributed by atoms with van der Waals surface area (Å²) < 4.78 is 0. The van der Waals surface area contributed by atoms with E-state index < -0.39 is 0 Å². The molecule has 0 aliphatic carbocycles. The zero-order valence-electron chi connectivity index (χ0n) is 13.7. The largest absolute Gasteiger partial charge is 0.394 e. The summed E-state index contributed by atoms with van der Waals surface area (Å²) in [5.74, 6) is -0.299. The Labute approximate surface area is 141 Å². The van der Waals surface area contributed by atoms with Gasteiger partial charge in [0.1, 0.15) is 0 Å². The van der Waals surface area contributed by atoms with Gasteiger partial charge in [0.25, 0.3) is 5.91 Å². The Balaban J connectivity index is 1.91. The molecule has 3 N–H and O–H groups in total. The molecular formula is C19H22N2O3. The van der Waals surface area contributed by atoms with Crippen molar-refractivity contribution >= 4 is 17.5 Å². The van der Waals surface area contributed by atoms with Crippen molar-refractivity contribution < 1.29 is 14.7 Å². The zero-order valence-corrected chi connectivity index (χ0v) is 13.7. The summed E-state index contributed by atoms with van der Waals surface area (Å²) >= 11 is 0. The van der Waals surface area contributed by atoms with Gasteiger partial charge in [-0.15, -0.1) is 0 Å². The quantitative estimate of drug-likeness (QED) is 0.731. The Bertz CT molecular complexity index is 665. The zero-order chi connectivity index (χ0) is 17.4. The number of hydrogen-bond donors (Lipinski definition) is 3. The number of carbonyl (C=O) groups excluding carboxylic acids is 2. The number of benzene rings is 2. The van der Waals surface area contributed by atoms with Crippen LogP contribution in [0.2, 0.25) is 0 Å². The molecule has 2 amide bonds. The van der Waals surface area contributed by atoms with Crippen molar-refractivity contribution in [3.8, 4) is 0 Å². The summed E-state index contributed by atoms with van der Waals surface area (Å²) in [4.78, 5) is 24.0. The lowest BCUT2D eigenvalue weighted by Crippen LogP contribution is -2.37.